The van der Waals surface area contributed by atoms with Crippen molar-refractivity contribution in [3.8, 4) is 5.13 Å². The highest BCUT2D eigenvalue weighted by molar-refractivity contribution is 7.12. The maximum absolute atomic E-state index is 12.9. The number of fused-ring (bicyclic) bond motifs is 1. The maximum atomic E-state index is 12.9. The van der Waals surface area contributed by atoms with Crippen molar-refractivity contribution in [1.82, 2.24) is 24.3 Å². The van der Waals surface area contributed by atoms with E-state index in [4.69, 9.17) is 9.72 Å². The molecule has 174 valence electrons. The maximum Gasteiger partial charge on any atom is 0.341 e. The van der Waals surface area contributed by atoms with Crippen molar-refractivity contribution in [1.29, 1.82) is 0 Å². The minimum atomic E-state index is -1.30. The van der Waals surface area contributed by atoms with E-state index in [1.807, 2.05) is 4.90 Å². The van der Waals surface area contributed by atoms with E-state index < -0.39 is 17.4 Å². The predicted molar refractivity (Wildman–Crippen MR) is 124 cm³/mol. The summed E-state index contributed by atoms with van der Waals surface area (Å²) in [6.07, 6.45) is 6.05. The van der Waals surface area contributed by atoms with Crippen LogP contribution in [0.4, 0.5) is 5.82 Å². The van der Waals surface area contributed by atoms with E-state index >= 15 is 0 Å². The van der Waals surface area contributed by atoms with Gasteiger partial charge in [-0.25, -0.2) is 19.6 Å². The first-order chi connectivity index (χ1) is 16.4. The topological polar surface area (TPSA) is 132 Å². The lowest BCUT2D eigenvalue weighted by atomic mass is 10.1. The molecule has 0 unspecified atom stereocenters. The fourth-order valence-electron chi connectivity index (χ4n) is 3.94. The van der Waals surface area contributed by atoms with Gasteiger partial charge in [0.05, 0.1) is 29.8 Å². The fourth-order valence-corrected chi connectivity index (χ4v) is 4.56. The van der Waals surface area contributed by atoms with Crippen molar-refractivity contribution in [3.05, 3.63) is 63.1 Å². The molecule has 0 spiro atoms. The van der Waals surface area contributed by atoms with Crippen molar-refractivity contribution in [3.63, 3.8) is 0 Å². The summed E-state index contributed by atoms with van der Waals surface area (Å²) in [7, 11) is 0. The minimum absolute atomic E-state index is 0.0523. The van der Waals surface area contributed by atoms with Crippen LogP contribution in [-0.2, 0) is 4.74 Å². The summed E-state index contributed by atoms with van der Waals surface area (Å²) < 4.78 is 8.30. The number of thiazole rings is 1. The molecule has 12 heteroatoms. The molecule has 1 N–H and O–H groups in total. The molecular formula is C22H20N6O5S. The molecule has 0 aromatic carbocycles. The van der Waals surface area contributed by atoms with E-state index in [0.29, 0.717) is 47.4 Å². The number of carbonyl (C=O) groups excluding carboxylic acids is 1. The number of carboxylic acids is 1. The Labute approximate surface area is 196 Å². The van der Waals surface area contributed by atoms with Gasteiger partial charge in [0, 0.05) is 37.1 Å². The normalized spacial score (nSPS) is 13.8. The molecule has 0 amide bonds. The fraction of sp³-hybridized carbons (Fsp3) is 0.273. The van der Waals surface area contributed by atoms with Gasteiger partial charge in [-0.2, -0.15) is 5.10 Å². The third-order valence-electron chi connectivity index (χ3n) is 5.67. The van der Waals surface area contributed by atoms with Gasteiger partial charge >= 0.3 is 11.9 Å². The first kappa shape index (κ1) is 21.8. The summed E-state index contributed by atoms with van der Waals surface area (Å²) in [5.74, 6) is -1.04. The highest BCUT2D eigenvalue weighted by atomic mass is 32.1. The molecule has 5 heterocycles. The number of aromatic carboxylic acids is 1. The second-order valence-electron chi connectivity index (χ2n) is 7.85. The SMILES string of the molecule is CCOC(=O)c1cnn(C2CN(c3cc(C)c4c(=O)c(C(=O)O)cn(-c5nccs5)c4n3)C2)c1. The second kappa shape index (κ2) is 8.37. The number of hydrogen-bond donors (Lipinski definition) is 1. The Balaban J connectivity index is 1.49. The molecular weight excluding hydrogens is 460 g/mol. The van der Waals surface area contributed by atoms with Crippen molar-refractivity contribution < 1.29 is 19.4 Å². The molecule has 34 heavy (non-hydrogen) atoms. The van der Waals surface area contributed by atoms with E-state index in [-0.39, 0.29) is 17.0 Å². The summed E-state index contributed by atoms with van der Waals surface area (Å²) in [5, 5.41) is 16.4. The molecule has 11 nitrogen and oxygen atoms in total. The third-order valence-corrected chi connectivity index (χ3v) is 6.44. The second-order valence-corrected chi connectivity index (χ2v) is 8.72. The monoisotopic (exact) mass is 480 g/mol. The summed E-state index contributed by atoms with van der Waals surface area (Å²) in [5.41, 5.74) is 0.483. The number of esters is 1. The smallest absolute Gasteiger partial charge is 0.341 e. The number of ether oxygens (including phenoxy) is 1. The Bertz CT molecular complexity index is 1470. The Morgan fingerprint density at radius 1 is 1.29 bits per heavy atom. The van der Waals surface area contributed by atoms with Crippen LogP contribution < -0.4 is 10.3 Å². The molecule has 1 aliphatic rings. The van der Waals surface area contributed by atoms with E-state index in [1.54, 1.807) is 46.9 Å². The number of nitrogens with zero attached hydrogens (tertiary/aromatic N) is 6. The number of anilines is 1. The molecule has 0 atom stereocenters. The van der Waals surface area contributed by atoms with Gasteiger partial charge in [0.2, 0.25) is 5.43 Å². The lowest BCUT2D eigenvalue weighted by Gasteiger charge is -2.40. The number of aromatic nitrogens is 5. The molecule has 0 bridgehead atoms. The number of rotatable bonds is 6. The molecule has 0 aliphatic carbocycles. The molecule has 4 aromatic rings. The zero-order chi connectivity index (χ0) is 24.0. The number of carboxylic acid groups (broad SMARTS) is 1. The van der Waals surface area contributed by atoms with Crippen LogP contribution in [0.25, 0.3) is 16.2 Å². The van der Waals surface area contributed by atoms with E-state index in [0.717, 1.165) is 0 Å². The summed E-state index contributed by atoms with van der Waals surface area (Å²) in [4.78, 5) is 47.5. The number of pyridine rings is 2. The van der Waals surface area contributed by atoms with Crippen molar-refractivity contribution in [2.24, 2.45) is 0 Å². The molecule has 0 saturated carbocycles. The van der Waals surface area contributed by atoms with E-state index in [1.165, 1.54) is 23.7 Å². The number of carbonyl (C=O) groups is 2. The van der Waals surface area contributed by atoms with Gasteiger partial charge < -0.3 is 14.7 Å². The van der Waals surface area contributed by atoms with Crippen LogP contribution >= 0.6 is 11.3 Å². The zero-order valence-electron chi connectivity index (χ0n) is 18.3. The molecule has 1 saturated heterocycles. The Hall–Kier alpha value is -4.06. The average molecular weight is 481 g/mol. The van der Waals surface area contributed by atoms with Crippen LogP contribution in [0.5, 0.6) is 0 Å². The van der Waals surface area contributed by atoms with Crippen LogP contribution in [-0.4, -0.2) is 61.1 Å². The molecule has 1 aliphatic heterocycles. The van der Waals surface area contributed by atoms with Gasteiger partial charge in [-0.05, 0) is 25.5 Å². The number of hydrogen-bond acceptors (Lipinski definition) is 9. The van der Waals surface area contributed by atoms with Crippen LogP contribution in [0.2, 0.25) is 0 Å². The van der Waals surface area contributed by atoms with Crippen molar-refractivity contribution in [2.75, 3.05) is 24.6 Å². The average Bonchev–Trinajstić information content (AvgIpc) is 3.45. The minimum Gasteiger partial charge on any atom is -0.477 e. The van der Waals surface area contributed by atoms with E-state index in [9.17, 15) is 19.5 Å². The summed E-state index contributed by atoms with van der Waals surface area (Å²) in [6, 6.07) is 1.83. The summed E-state index contributed by atoms with van der Waals surface area (Å²) in [6.45, 7) is 5.03. The predicted octanol–water partition coefficient (Wildman–Crippen LogP) is 2.28. The first-order valence-electron chi connectivity index (χ1n) is 10.5. The quantitative estimate of drug-likeness (QED) is 0.413. The van der Waals surface area contributed by atoms with Crippen molar-refractivity contribution in [2.45, 2.75) is 19.9 Å². The van der Waals surface area contributed by atoms with Gasteiger partial charge in [0.1, 0.15) is 11.4 Å². The highest BCUT2D eigenvalue weighted by Crippen LogP contribution is 2.30. The lowest BCUT2D eigenvalue weighted by molar-refractivity contribution is 0.0525. The van der Waals surface area contributed by atoms with Crippen molar-refractivity contribution >= 4 is 40.1 Å². The zero-order valence-corrected chi connectivity index (χ0v) is 19.2. The Kier molecular flexibility index (Phi) is 5.36. The van der Waals surface area contributed by atoms with Crippen LogP contribution in [0.15, 0.2) is 41.0 Å². The molecule has 0 radical (unpaired) electrons. The third kappa shape index (κ3) is 3.61. The van der Waals surface area contributed by atoms with E-state index in [2.05, 4.69) is 10.1 Å². The highest BCUT2D eigenvalue weighted by Gasteiger charge is 2.31. The van der Waals surface area contributed by atoms with Gasteiger partial charge in [-0.1, -0.05) is 0 Å². The van der Waals surface area contributed by atoms with Crippen LogP contribution in [0.1, 0.15) is 39.2 Å². The van der Waals surface area contributed by atoms with Crippen LogP contribution in [0, 0.1) is 6.92 Å². The summed E-state index contributed by atoms with van der Waals surface area (Å²) >= 11 is 1.32. The Morgan fingerprint density at radius 2 is 2.09 bits per heavy atom. The molecule has 1 fully saturated rings. The standard InChI is InChI=1S/C22H20N6O5S/c1-3-33-21(32)13-7-24-28(8-13)14-9-26(10-14)16-6-12(2)17-18(29)15(20(30)31)11-27(19(17)25-16)22-23-4-5-34-22/h4-8,11,14H,3,9-10H2,1-2H3,(H,30,31). The molecule has 5 rings (SSSR count). The van der Waals surface area contributed by atoms with Gasteiger partial charge in [-0.15, -0.1) is 11.3 Å². The largest absolute Gasteiger partial charge is 0.477 e. The van der Waals surface area contributed by atoms with Gasteiger partial charge in [0.15, 0.2) is 10.8 Å². The Morgan fingerprint density at radius 3 is 2.76 bits per heavy atom. The van der Waals surface area contributed by atoms with Gasteiger partial charge in [-0.3, -0.25) is 14.0 Å². The van der Waals surface area contributed by atoms with Gasteiger partial charge in [0.25, 0.3) is 0 Å². The van der Waals surface area contributed by atoms with Crippen LogP contribution in [0.3, 0.4) is 0 Å². The number of aryl methyl sites for hydroxylation is 1. The molecule has 4 aromatic heterocycles. The lowest BCUT2D eigenvalue weighted by Crippen LogP contribution is -2.48. The first-order valence-corrected chi connectivity index (χ1v) is 11.4.